The summed E-state index contributed by atoms with van der Waals surface area (Å²) in [6.45, 7) is 0.680. The molecule has 2 rings (SSSR count). The van der Waals surface area contributed by atoms with Crippen LogP contribution in [0, 0.1) is 0 Å². The maximum absolute atomic E-state index is 10.3. The number of ether oxygens (including phenoxy) is 2. The molecule has 1 heterocycles. The van der Waals surface area contributed by atoms with Gasteiger partial charge in [0.25, 0.3) is 0 Å². The van der Waals surface area contributed by atoms with Crippen molar-refractivity contribution in [3.63, 3.8) is 0 Å². The van der Waals surface area contributed by atoms with E-state index >= 15 is 0 Å². The van der Waals surface area contributed by atoms with Crippen molar-refractivity contribution >= 4 is 35.0 Å². The molecule has 0 saturated carbocycles. The number of anilines is 1. The van der Waals surface area contributed by atoms with Gasteiger partial charge in [0.05, 0.1) is 23.3 Å². The Morgan fingerprint density at radius 2 is 1.92 bits per heavy atom. The van der Waals surface area contributed by atoms with Crippen molar-refractivity contribution in [3.8, 4) is 11.3 Å². The number of rotatable bonds is 10. The van der Waals surface area contributed by atoms with E-state index in [-0.39, 0.29) is 19.0 Å². The number of nitrogens with zero attached hydrogens (tertiary/aromatic N) is 3. The van der Waals surface area contributed by atoms with Crippen LogP contribution in [0.25, 0.3) is 11.3 Å². The van der Waals surface area contributed by atoms with Gasteiger partial charge in [0.2, 0.25) is 0 Å². The van der Waals surface area contributed by atoms with Crippen LogP contribution in [-0.2, 0) is 20.7 Å². The van der Waals surface area contributed by atoms with Crippen molar-refractivity contribution in [2.24, 2.45) is 0 Å². The minimum atomic E-state index is -1.00. The van der Waals surface area contributed by atoms with Gasteiger partial charge in [-0.1, -0.05) is 35.3 Å². The number of aryl methyl sites for hydroxylation is 1. The molecule has 0 aliphatic heterocycles. The molecule has 0 amide bonds. The molecule has 0 fully saturated rings. The van der Waals surface area contributed by atoms with Crippen LogP contribution in [0.4, 0.5) is 5.82 Å². The normalized spacial score (nSPS) is 10.8. The molecule has 0 bridgehead atoms. The molecule has 0 aliphatic carbocycles. The molecule has 10 heteroatoms. The predicted molar refractivity (Wildman–Crippen MR) is 97.3 cm³/mol. The third-order valence-electron chi connectivity index (χ3n) is 3.25. The second kappa shape index (κ2) is 10.2. The fraction of sp³-hybridized carbons (Fsp3) is 0.375. The van der Waals surface area contributed by atoms with Gasteiger partial charge in [-0.25, -0.2) is 9.78 Å². The predicted octanol–water partition coefficient (Wildman–Crippen LogP) is 2.48. The van der Waals surface area contributed by atoms with E-state index in [1.54, 1.807) is 18.2 Å². The van der Waals surface area contributed by atoms with Crippen LogP contribution < -0.4 is 5.73 Å². The van der Waals surface area contributed by atoms with E-state index < -0.39 is 5.97 Å². The minimum Gasteiger partial charge on any atom is -0.480 e. The average Bonchev–Trinajstić information content (AvgIpc) is 2.60. The molecule has 140 valence electrons. The van der Waals surface area contributed by atoms with Crippen molar-refractivity contribution in [3.05, 3.63) is 34.1 Å². The summed E-state index contributed by atoms with van der Waals surface area (Å²) in [4.78, 5) is 14.5. The summed E-state index contributed by atoms with van der Waals surface area (Å²) in [5, 5.41) is 17.3. The van der Waals surface area contributed by atoms with Gasteiger partial charge >= 0.3 is 5.97 Å². The van der Waals surface area contributed by atoms with E-state index in [2.05, 4.69) is 15.2 Å². The highest BCUT2D eigenvalue weighted by Crippen LogP contribution is 2.34. The SMILES string of the molecule is Nc1nc(CCCOCCOCC(=O)O)nnc1-c1cccc(Cl)c1Cl. The van der Waals surface area contributed by atoms with Gasteiger partial charge in [-0.05, 0) is 12.5 Å². The van der Waals surface area contributed by atoms with Crippen molar-refractivity contribution in [2.45, 2.75) is 12.8 Å². The van der Waals surface area contributed by atoms with E-state index in [1.807, 2.05) is 0 Å². The fourth-order valence-electron chi connectivity index (χ4n) is 2.07. The summed E-state index contributed by atoms with van der Waals surface area (Å²) < 4.78 is 10.2. The lowest BCUT2D eigenvalue weighted by Gasteiger charge is -2.08. The zero-order valence-electron chi connectivity index (χ0n) is 13.8. The Kier molecular flexibility index (Phi) is 7.99. The highest BCUT2D eigenvalue weighted by atomic mass is 35.5. The van der Waals surface area contributed by atoms with E-state index in [4.69, 9.17) is 43.5 Å². The number of carbonyl (C=O) groups is 1. The Bertz CT molecular complexity index is 761. The maximum Gasteiger partial charge on any atom is 0.329 e. The first-order valence-corrected chi connectivity index (χ1v) is 8.55. The van der Waals surface area contributed by atoms with Crippen LogP contribution in [0.3, 0.4) is 0 Å². The number of carboxylic acids is 1. The molecule has 2 aromatic rings. The second-order valence-corrected chi connectivity index (χ2v) is 6.01. The molecule has 3 N–H and O–H groups in total. The lowest BCUT2D eigenvalue weighted by molar-refractivity contribution is -0.142. The van der Waals surface area contributed by atoms with Crippen molar-refractivity contribution in [2.75, 3.05) is 32.2 Å². The number of carboxylic acid groups (broad SMARTS) is 1. The molecule has 0 unspecified atom stereocenters. The number of hydrogen-bond acceptors (Lipinski definition) is 7. The summed E-state index contributed by atoms with van der Waals surface area (Å²) in [6.07, 6.45) is 1.20. The van der Waals surface area contributed by atoms with Gasteiger partial charge in [-0.2, -0.15) is 0 Å². The van der Waals surface area contributed by atoms with Gasteiger partial charge in [0.15, 0.2) is 11.6 Å². The standard InChI is InChI=1S/C16H18Cl2N4O4/c17-11-4-1-3-10(14(11)18)15-16(19)20-12(21-22-15)5-2-6-25-7-8-26-9-13(23)24/h1,3-4H,2,5-9H2,(H,23,24)(H2,19,20,21). The lowest BCUT2D eigenvalue weighted by Crippen LogP contribution is -2.12. The second-order valence-electron chi connectivity index (χ2n) is 5.23. The summed E-state index contributed by atoms with van der Waals surface area (Å²) in [5.74, 6) is -0.285. The monoisotopic (exact) mass is 400 g/mol. The average molecular weight is 401 g/mol. The molecular weight excluding hydrogens is 383 g/mol. The van der Waals surface area contributed by atoms with E-state index in [0.29, 0.717) is 53.2 Å². The zero-order chi connectivity index (χ0) is 18.9. The smallest absolute Gasteiger partial charge is 0.329 e. The number of aromatic nitrogens is 3. The van der Waals surface area contributed by atoms with Crippen molar-refractivity contribution in [1.82, 2.24) is 15.2 Å². The van der Waals surface area contributed by atoms with Gasteiger partial charge in [-0.3, -0.25) is 0 Å². The van der Waals surface area contributed by atoms with Crippen LogP contribution >= 0.6 is 23.2 Å². The van der Waals surface area contributed by atoms with Crippen LogP contribution in [-0.4, -0.2) is 52.7 Å². The molecule has 0 aliphatic rings. The Morgan fingerprint density at radius 1 is 1.15 bits per heavy atom. The van der Waals surface area contributed by atoms with Crippen LogP contribution in [0.1, 0.15) is 12.2 Å². The number of hydrogen-bond donors (Lipinski definition) is 2. The topological polar surface area (TPSA) is 120 Å². The van der Waals surface area contributed by atoms with Gasteiger partial charge in [0.1, 0.15) is 12.3 Å². The molecule has 8 nitrogen and oxygen atoms in total. The molecule has 1 aromatic carbocycles. The Hall–Kier alpha value is -2.00. The van der Waals surface area contributed by atoms with Gasteiger partial charge in [0, 0.05) is 18.6 Å². The van der Waals surface area contributed by atoms with Crippen LogP contribution in [0.15, 0.2) is 18.2 Å². The quantitative estimate of drug-likeness (QED) is 0.583. The molecule has 0 spiro atoms. The molecule has 26 heavy (non-hydrogen) atoms. The Balaban J connectivity index is 1.81. The largest absolute Gasteiger partial charge is 0.480 e. The van der Waals surface area contributed by atoms with E-state index in [0.717, 1.165) is 0 Å². The third-order valence-corrected chi connectivity index (χ3v) is 4.07. The van der Waals surface area contributed by atoms with Crippen LogP contribution in [0.5, 0.6) is 0 Å². The first kappa shape index (κ1) is 20.3. The van der Waals surface area contributed by atoms with Crippen molar-refractivity contribution < 1.29 is 19.4 Å². The first-order valence-electron chi connectivity index (χ1n) is 7.79. The van der Waals surface area contributed by atoms with E-state index in [9.17, 15) is 4.79 Å². The van der Waals surface area contributed by atoms with Gasteiger partial charge in [-0.15, -0.1) is 10.2 Å². The Labute approximate surface area is 160 Å². The lowest BCUT2D eigenvalue weighted by atomic mass is 10.1. The number of benzene rings is 1. The molecular formula is C16H18Cl2N4O4. The van der Waals surface area contributed by atoms with Crippen LogP contribution in [0.2, 0.25) is 10.0 Å². The number of aliphatic carboxylic acids is 1. The summed E-state index contributed by atoms with van der Waals surface area (Å²) in [7, 11) is 0. The molecule has 1 aromatic heterocycles. The molecule has 0 radical (unpaired) electrons. The summed E-state index contributed by atoms with van der Waals surface area (Å²) in [5.41, 5.74) is 6.93. The highest BCUT2D eigenvalue weighted by molar-refractivity contribution is 6.43. The number of nitrogens with two attached hydrogens (primary N) is 1. The number of nitrogen functional groups attached to an aromatic ring is 1. The molecule has 0 saturated heterocycles. The zero-order valence-corrected chi connectivity index (χ0v) is 15.3. The van der Waals surface area contributed by atoms with Crippen molar-refractivity contribution in [1.29, 1.82) is 0 Å². The van der Waals surface area contributed by atoms with E-state index in [1.165, 1.54) is 0 Å². The first-order chi connectivity index (χ1) is 12.5. The number of halogens is 2. The Morgan fingerprint density at radius 3 is 2.65 bits per heavy atom. The maximum atomic E-state index is 10.3. The third kappa shape index (κ3) is 6.06. The molecule has 0 atom stereocenters. The van der Waals surface area contributed by atoms with Gasteiger partial charge < -0.3 is 20.3 Å². The summed E-state index contributed by atoms with van der Waals surface area (Å²) >= 11 is 12.2. The summed E-state index contributed by atoms with van der Waals surface area (Å²) in [6, 6.07) is 5.16. The fourth-order valence-corrected chi connectivity index (χ4v) is 2.46. The minimum absolute atomic E-state index is 0.224. The highest BCUT2D eigenvalue weighted by Gasteiger charge is 2.13.